The summed E-state index contributed by atoms with van der Waals surface area (Å²) >= 11 is 7.69. The van der Waals surface area contributed by atoms with Gasteiger partial charge in [0.1, 0.15) is 0 Å². The zero-order valence-corrected chi connectivity index (χ0v) is 14.3. The van der Waals surface area contributed by atoms with Gasteiger partial charge < -0.3 is 0 Å². The molecule has 1 nitrogen and oxygen atoms in total. The van der Waals surface area contributed by atoms with Crippen LogP contribution in [0.2, 0.25) is 5.02 Å². The van der Waals surface area contributed by atoms with Crippen molar-refractivity contribution in [2.24, 2.45) is 0 Å². The number of aryl methyl sites for hydroxylation is 1. The van der Waals surface area contributed by atoms with Crippen molar-refractivity contribution in [3.8, 4) is 0 Å². The number of thiophene rings is 1. The molecular formula is C17H19ClOS. The smallest absolute Gasteiger partial charge is 0.205 e. The molecule has 0 aliphatic heterocycles. The van der Waals surface area contributed by atoms with Crippen LogP contribution in [0.4, 0.5) is 0 Å². The second kappa shape index (κ2) is 5.34. The number of halogens is 1. The van der Waals surface area contributed by atoms with Gasteiger partial charge in [0.05, 0.1) is 9.90 Å². The van der Waals surface area contributed by atoms with Gasteiger partial charge in [-0.3, -0.25) is 4.79 Å². The number of carbonyl (C=O) groups is 1. The van der Waals surface area contributed by atoms with Crippen LogP contribution in [-0.4, -0.2) is 5.78 Å². The van der Waals surface area contributed by atoms with E-state index in [0.717, 1.165) is 22.3 Å². The van der Waals surface area contributed by atoms with Crippen LogP contribution in [0.25, 0.3) is 0 Å². The third kappa shape index (κ3) is 2.21. The first-order chi connectivity index (χ1) is 9.27. The van der Waals surface area contributed by atoms with Crippen LogP contribution in [0, 0.1) is 41.5 Å². The van der Waals surface area contributed by atoms with E-state index in [1.165, 1.54) is 28.0 Å². The van der Waals surface area contributed by atoms with Gasteiger partial charge in [-0.05, 0) is 80.3 Å². The van der Waals surface area contributed by atoms with Crippen LogP contribution in [0.15, 0.2) is 5.38 Å². The number of benzene rings is 1. The highest BCUT2D eigenvalue weighted by molar-refractivity contribution is 7.13. The van der Waals surface area contributed by atoms with Crippen molar-refractivity contribution < 1.29 is 4.79 Å². The number of hydrogen-bond donors (Lipinski definition) is 0. The van der Waals surface area contributed by atoms with Gasteiger partial charge >= 0.3 is 0 Å². The second-order valence-corrected chi connectivity index (χ2v) is 6.65. The van der Waals surface area contributed by atoms with Crippen molar-refractivity contribution >= 4 is 28.7 Å². The molecule has 106 valence electrons. The normalized spacial score (nSPS) is 10.9. The fraction of sp³-hybridized carbons (Fsp3) is 0.353. The zero-order valence-electron chi connectivity index (χ0n) is 12.8. The van der Waals surface area contributed by atoms with E-state index in [0.29, 0.717) is 9.90 Å². The van der Waals surface area contributed by atoms with Crippen molar-refractivity contribution in [1.29, 1.82) is 0 Å². The summed E-state index contributed by atoms with van der Waals surface area (Å²) < 4.78 is 0. The lowest BCUT2D eigenvalue weighted by Gasteiger charge is -2.17. The molecule has 0 amide bonds. The summed E-state index contributed by atoms with van der Waals surface area (Å²) in [6.45, 7) is 12.2. The molecule has 0 unspecified atom stereocenters. The highest BCUT2D eigenvalue weighted by atomic mass is 35.5. The minimum Gasteiger partial charge on any atom is -0.288 e. The third-order valence-electron chi connectivity index (χ3n) is 4.33. The quantitative estimate of drug-likeness (QED) is 0.671. The van der Waals surface area contributed by atoms with Crippen molar-refractivity contribution in [1.82, 2.24) is 0 Å². The van der Waals surface area contributed by atoms with E-state index in [1.54, 1.807) is 0 Å². The Hall–Kier alpha value is -1.12. The first-order valence-corrected chi connectivity index (χ1v) is 7.88. The number of carbonyl (C=O) groups excluding carboxylic acids is 1. The molecule has 1 aromatic carbocycles. The number of hydrogen-bond acceptors (Lipinski definition) is 2. The lowest BCUT2D eigenvalue weighted by molar-refractivity contribution is 0.104. The van der Waals surface area contributed by atoms with Gasteiger partial charge in [0, 0.05) is 5.56 Å². The van der Waals surface area contributed by atoms with Gasteiger partial charge in [-0.25, -0.2) is 0 Å². The molecule has 0 bridgehead atoms. The summed E-state index contributed by atoms with van der Waals surface area (Å²) in [5.41, 5.74) is 7.58. The van der Waals surface area contributed by atoms with Crippen molar-refractivity contribution in [2.75, 3.05) is 0 Å². The summed E-state index contributed by atoms with van der Waals surface area (Å²) in [4.78, 5) is 13.5. The van der Waals surface area contributed by atoms with Crippen LogP contribution < -0.4 is 0 Å². The molecule has 0 aliphatic rings. The van der Waals surface area contributed by atoms with Gasteiger partial charge in [-0.15, -0.1) is 11.3 Å². The topological polar surface area (TPSA) is 17.1 Å². The molecule has 1 aromatic heterocycles. The van der Waals surface area contributed by atoms with Gasteiger partial charge in [0.15, 0.2) is 0 Å². The highest BCUT2D eigenvalue weighted by Gasteiger charge is 2.22. The molecule has 0 aliphatic carbocycles. The summed E-state index contributed by atoms with van der Waals surface area (Å²) in [6, 6.07) is 0. The second-order valence-electron chi connectivity index (χ2n) is 5.39. The average molecular weight is 307 g/mol. The molecule has 0 spiro atoms. The fourth-order valence-electron chi connectivity index (χ4n) is 2.54. The van der Waals surface area contributed by atoms with Crippen molar-refractivity contribution in [3.63, 3.8) is 0 Å². The molecule has 0 atom stereocenters. The molecule has 3 heteroatoms. The Morgan fingerprint density at radius 2 is 1.35 bits per heavy atom. The zero-order chi connectivity index (χ0) is 15.2. The van der Waals surface area contributed by atoms with Crippen molar-refractivity contribution in [3.05, 3.63) is 54.2 Å². The molecule has 0 radical (unpaired) electrons. The molecule has 0 N–H and O–H groups in total. The summed E-state index contributed by atoms with van der Waals surface area (Å²) in [7, 11) is 0. The van der Waals surface area contributed by atoms with Crippen LogP contribution in [-0.2, 0) is 0 Å². The summed E-state index contributed by atoms with van der Waals surface area (Å²) in [5.74, 6) is 0.0503. The third-order valence-corrected chi connectivity index (χ3v) is 6.03. The fourth-order valence-corrected chi connectivity index (χ4v) is 3.76. The average Bonchev–Trinajstić information content (AvgIpc) is 2.74. The monoisotopic (exact) mass is 306 g/mol. The standard InChI is InChI=1S/C17H19ClOS/c1-8-7-20-17(15(8)18)16(19)14-12(5)10(3)9(2)11(4)13(14)6/h7H,1-6H3. The Balaban J connectivity index is 2.71. The highest BCUT2D eigenvalue weighted by Crippen LogP contribution is 2.33. The van der Waals surface area contributed by atoms with Gasteiger partial charge in [0.25, 0.3) is 0 Å². The molecule has 0 saturated carbocycles. The SMILES string of the molecule is Cc1csc(C(=O)c2c(C)c(C)c(C)c(C)c2C)c1Cl. The molecule has 0 fully saturated rings. The van der Waals surface area contributed by atoms with Crippen LogP contribution in [0.3, 0.4) is 0 Å². The van der Waals surface area contributed by atoms with Crippen molar-refractivity contribution in [2.45, 2.75) is 41.5 Å². The predicted molar refractivity (Wildman–Crippen MR) is 87.6 cm³/mol. The minimum atomic E-state index is 0.0503. The maximum atomic E-state index is 12.9. The first kappa shape index (κ1) is 15.3. The first-order valence-electron chi connectivity index (χ1n) is 6.62. The number of rotatable bonds is 2. The molecule has 1 heterocycles. The Bertz CT molecular complexity index is 681. The Morgan fingerprint density at radius 1 is 0.900 bits per heavy atom. The maximum absolute atomic E-state index is 12.9. The summed E-state index contributed by atoms with van der Waals surface area (Å²) in [6.07, 6.45) is 0. The van der Waals surface area contributed by atoms with Gasteiger partial charge in [-0.2, -0.15) is 0 Å². The van der Waals surface area contributed by atoms with E-state index in [4.69, 9.17) is 11.6 Å². The van der Waals surface area contributed by atoms with E-state index in [1.807, 2.05) is 26.2 Å². The molecular weight excluding hydrogens is 288 g/mol. The molecule has 0 saturated heterocycles. The van der Waals surface area contributed by atoms with Gasteiger partial charge in [0.2, 0.25) is 5.78 Å². The molecule has 20 heavy (non-hydrogen) atoms. The minimum absolute atomic E-state index is 0.0503. The summed E-state index contributed by atoms with van der Waals surface area (Å²) in [5, 5.41) is 2.53. The van der Waals surface area contributed by atoms with E-state index >= 15 is 0 Å². The van der Waals surface area contributed by atoms with E-state index in [-0.39, 0.29) is 5.78 Å². The van der Waals surface area contributed by atoms with Gasteiger partial charge in [-0.1, -0.05) is 11.6 Å². The molecule has 2 rings (SSSR count). The van der Waals surface area contributed by atoms with Crippen LogP contribution >= 0.6 is 22.9 Å². The Labute approximate surface area is 129 Å². The predicted octanol–water partition coefficient (Wildman–Crippen LogP) is 5.48. The van der Waals surface area contributed by atoms with E-state index in [9.17, 15) is 4.79 Å². The Morgan fingerprint density at radius 3 is 1.75 bits per heavy atom. The van der Waals surface area contributed by atoms with E-state index in [2.05, 4.69) is 20.8 Å². The van der Waals surface area contributed by atoms with Crippen LogP contribution in [0.1, 0.15) is 48.6 Å². The number of ketones is 1. The van der Waals surface area contributed by atoms with E-state index < -0.39 is 0 Å². The molecule has 2 aromatic rings. The largest absolute Gasteiger partial charge is 0.288 e. The van der Waals surface area contributed by atoms with Crippen LogP contribution in [0.5, 0.6) is 0 Å². The lowest BCUT2D eigenvalue weighted by Crippen LogP contribution is -2.10. The lowest BCUT2D eigenvalue weighted by atomic mass is 9.87. The maximum Gasteiger partial charge on any atom is 0.205 e. The Kier molecular flexibility index (Phi) is 4.08.